The average Bonchev–Trinajstić information content (AvgIpc) is 2.52. The Hall–Kier alpha value is -2.35. The lowest BCUT2D eigenvalue weighted by Crippen LogP contribution is -2.29. The molecule has 124 valence electrons. The van der Waals surface area contributed by atoms with E-state index >= 15 is 0 Å². The lowest BCUT2D eigenvalue weighted by atomic mass is 10.1. The molecule has 0 saturated heterocycles. The van der Waals surface area contributed by atoms with Gasteiger partial charge in [0.1, 0.15) is 17.6 Å². The first kappa shape index (κ1) is 17.0. The molecule has 1 unspecified atom stereocenters. The van der Waals surface area contributed by atoms with Crippen LogP contribution in [0.1, 0.15) is 5.56 Å². The minimum atomic E-state index is -0.962. The van der Waals surface area contributed by atoms with Gasteiger partial charge in [-0.3, -0.25) is 0 Å². The molecule has 1 atom stereocenters. The van der Waals surface area contributed by atoms with Crippen molar-refractivity contribution in [2.45, 2.75) is 12.7 Å². The van der Waals surface area contributed by atoms with Gasteiger partial charge in [-0.2, -0.15) is 0 Å². The van der Waals surface area contributed by atoms with Crippen LogP contribution in [0, 0.1) is 0 Å². The van der Waals surface area contributed by atoms with Crippen molar-refractivity contribution in [2.75, 3.05) is 26.0 Å². The fourth-order valence-corrected chi connectivity index (χ4v) is 2.16. The lowest BCUT2D eigenvalue weighted by molar-refractivity contribution is 0.185. The average molecular weight is 319 g/mol. The van der Waals surface area contributed by atoms with Gasteiger partial charge in [-0.1, -0.05) is 0 Å². The maximum atomic E-state index is 9.97. The summed E-state index contributed by atoms with van der Waals surface area (Å²) >= 11 is 0. The van der Waals surface area contributed by atoms with E-state index in [9.17, 15) is 10.2 Å². The molecule has 1 aliphatic carbocycles. The first-order chi connectivity index (χ1) is 11.0. The summed E-state index contributed by atoms with van der Waals surface area (Å²) < 4.78 is 5.08. The largest absolute Gasteiger partial charge is 0.506 e. The molecule has 0 saturated carbocycles. The van der Waals surface area contributed by atoms with E-state index in [2.05, 4.69) is 10.3 Å². The van der Waals surface area contributed by atoms with Crippen LogP contribution in [0.25, 0.3) is 0 Å². The molecule has 0 amide bonds. The van der Waals surface area contributed by atoms with Crippen LogP contribution < -0.4 is 11.1 Å². The zero-order valence-electron chi connectivity index (χ0n) is 12.9. The summed E-state index contributed by atoms with van der Waals surface area (Å²) in [4.78, 5) is 4.37. The Morgan fingerprint density at radius 3 is 2.87 bits per heavy atom. The molecule has 1 aromatic rings. The third kappa shape index (κ3) is 4.32. The number of rotatable bonds is 6. The molecule has 1 aromatic carbocycles. The number of benzene rings is 1. The molecule has 0 radical (unpaired) electrons. The number of methoxy groups -OCH3 is 1. The van der Waals surface area contributed by atoms with Crippen LogP contribution in [0.5, 0.6) is 0 Å². The molecule has 6 N–H and O–H groups in total. The van der Waals surface area contributed by atoms with E-state index in [-0.39, 0.29) is 12.4 Å². The number of allylic oxidation sites excluding steroid dienone is 1. The minimum Gasteiger partial charge on any atom is -0.506 e. The third-order valence-electron chi connectivity index (χ3n) is 3.31. The number of aliphatic hydroxyl groups is 3. The van der Waals surface area contributed by atoms with Crippen LogP contribution in [0.3, 0.4) is 0 Å². The summed E-state index contributed by atoms with van der Waals surface area (Å²) in [6.07, 6.45) is 1.87. The Balaban J connectivity index is 2.31. The smallest absolute Gasteiger partial charge is 0.140 e. The maximum Gasteiger partial charge on any atom is 0.140 e. The van der Waals surface area contributed by atoms with Crippen LogP contribution in [-0.2, 0) is 11.3 Å². The summed E-state index contributed by atoms with van der Waals surface area (Å²) in [5.74, 6) is -0.114. The van der Waals surface area contributed by atoms with Crippen LogP contribution in [0.15, 0.2) is 46.8 Å². The standard InChI is InChI=1S/C16H21N3O4/c1-23-9-10-6-11(2-3-12(10)17)19-14-7-13(18-4-5-20)15(21)8-16(14)22/h2-3,6-8,15,18,20-22H,4-5,9,17H2,1H3/b19-14-. The highest BCUT2D eigenvalue weighted by Gasteiger charge is 2.18. The zero-order chi connectivity index (χ0) is 16.8. The Morgan fingerprint density at radius 1 is 1.39 bits per heavy atom. The van der Waals surface area contributed by atoms with Crippen molar-refractivity contribution in [3.05, 3.63) is 47.4 Å². The van der Waals surface area contributed by atoms with Crippen LogP contribution in [0.4, 0.5) is 11.4 Å². The van der Waals surface area contributed by atoms with Crippen molar-refractivity contribution < 1.29 is 20.1 Å². The molecular formula is C16H21N3O4. The predicted octanol–water partition coefficient (Wildman–Crippen LogP) is 0.770. The summed E-state index contributed by atoms with van der Waals surface area (Å²) in [7, 11) is 1.58. The van der Waals surface area contributed by atoms with E-state index in [4.69, 9.17) is 15.6 Å². The highest BCUT2D eigenvalue weighted by Crippen LogP contribution is 2.23. The van der Waals surface area contributed by atoms with Crippen molar-refractivity contribution in [1.29, 1.82) is 0 Å². The second kappa shape index (κ2) is 7.77. The highest BCUT2D eigenvalue weighted by molar-refractivity contribution is 6.09. The number of nitrogens with two attached hydrogens (primary N) is 1. The molecule has 0 spiro atoms. The SMILES string of the molecule is COCc1cc(/N=C2/C=C(NCCO)C(O)C=C2O)ccc1N. The molecule has 0 bridgehead atoms. The Kier molecular flexibility index (Phi) is 5.75. The molecular weight excluding hydrogens is 298 g/mol. The van der Waals surface area contributed by atoms with Crippen molar-refractivity contribution in [1.82, 2.24) is 5.32 Å². The van der Waals surface area contributed by atoms with Gasteiger partial charge in [0.25, 0.3) is 0 Å². The number of aliphatic imine (C=N–C) groups is 1. The summed E-state index contributed by atoms with van der Waals surface area (Å²) in [5.41, 5.74) is 8.65. The van der Waals surface area contributed by atoms with E-state index in [1.165, 1.54) is 6.08 Å². The second-order valence-electron chi connectivity index (χ2n) is 5.06. The Morgan fingerprint density at radius 2 is 2.17 bits per heavy atom. The van der Waals surface area contributed by atoms with Gasteiger partial charge in [0.05, 0.1) is 18.9 Å². The number of hydrogen-bond donors (Lipinski definition) is 5. The van der Waals surface area contributed by atoms with E-state index < -0.39 is 6.10 Å². The van der Waals surface area contributed by atoms with E-state index in [0.29, 0.717) is 35.9 Å². The third-order valence-corrected chi connectivity index (χ3v) is 3.31. The van der Waals surface area contributed by atoms with Gasteiger partial charge >= 0.3 is 0 Å². The number of nitrogens with one attached hydrogen (secondary N) is 1. The molecule has 0 aliphatic heterocycles. The molecule has 2 rings (SSSR count). The number of anilines is 1. The monoisotopic (exact) mass is 319 g/mol. The second-order valence-corrected chi connectivity index (χ2v) is 5.06. The minimum absolute atomic E-state index is 0.0649. The van der Waals surface area contributed by atoms with Gasteiger partial charge in [0, 0.05) is 30.6 Å². The van der Waals surface area contributed by atoms with E-state index in [1.54, 1.807) is 31.4 Å². The fourth-order valence-electron chi connectivity index (χ4n) is 2.16. The molecule has 1 aliphatic rings. The van der Waals surface area contributed by atoms with Crippen molar-refractivity contribution >= 4 is 17.1 Å². The normalized spacial score (nSPS) is 19.4. The predicted molar refractivity (Wildman–Crippen MR) is 88.6 cm³/mol. The number of hydrogen-bond acceptors (Lipinski definition) is 7. The topological polar surface area (TPSA) is 120 Å². The maximum absolute atomic E-state index is 9.97. The number of nitrogens with zero attached hydrogens (tertiary/aromatic N) is 1. The van der Waals surface area contributed by atoms with Crippen molar-refractivity contribution in [3.63, 3.8) is 0 Å². The van der Waals surface area contributed by atoms with Gasteiger partial charge in [-0.05, 0) is 30.4 Å². The highest BCUT2D eigenvalue weighted by atomic mass is 16.5. The first-order valence-corrected chi connectivity index (χ1v) is 7.16. The van der Waals surface area contributed by atoms with Crippen LogP contribution >= 0.6 is 0 Å². The van der Waals surface area contributed by atoms with Gasteiger partial charge in [-0.25, -0.2) is 4.99 Å². The Bertz CT molecular complexity index is 653. The fraction of sp³-hybridized carbons (Fsp3) is 0.312. The summed E-state index contributed by atoms with van der Waals surface area (Å²) in [5, 5.41) is 31.6. The summed E-state index contributed by atoms with van der Waals surface area (Å²) in [6, 6.07) is 5.23. The first-order valence-electron chi connectivity index (χ1n) is 7.16. The number of nitrogen functional groups attached to an aromatic ring is 1. The van der Waals surface area contributed by atoms with Gasteiger partial charge in [-0.15, -0.1) is 0 Å². The molecule has 7 heteroatoms. The van der Waals surface area contributed by atoms with E-state index in [1.807, 2.05) is 0 Å². The number of aliphatic hydroxyl groups excluding tert-OH is 3. The Labute approximate surface area is 134 Å². The van der Waals surface area contributed by atoms with E-state index in [0.717, 1.165) is 5.56 Å². The molecule has 7 nitrogen and oxygen atoms in total. The van der Waals surface area contributed by atoms with Crippen molar-refractivity contribution in [2.24, 2.45) is 4.99 Å². The molecule has 0 aromatic heterocycles. The zero-order valence-corrected chi connectivity index (χ0v) is 12.9. The van der Waals surface area contributed by atoms with Crippen molar-refractivity contribution in [3.8, 4) is 0 Å². The molecule has 0 fully saturated rings. The quantitative estimate of drug-likeness (QED) is 0.494. The summed E-state index contributed by atoms with van der Waals surface area (Å²) in [6.45, 7) is 0.597. The molecule has 23 heavy (non-hydrogen) atoms. The lowest BCUT2D eigenvalue weighted by Gasteiger charge is -2.19. The van der Waals surface area contributed by atoms with Gasteiger partial charge in [0.2, 0.25) is 0 Å². The van der Waals surface area contributed by atoms with Gasteiger partial charge < -0.3 is 31.1 Å². The van der Waals surface area contributed by atoms with Crippen LogP contribution in [0.2, 0.25) is 0 Å². The number of ether oxygens (including phenoxy) is 1. The van der Waals surface area contributed by atoms with Gasteiger partial charge in [0.15, 0.2) is 0 Å². The molecule has 0 heterocycles. The van der Waals surface area contributed by atoms with Crippen LogP contribution in [-0.4, -0.2) is 47.4 Å².